The molecule has 21 nitrogen and oxygen atoms in total. The summed E-state index contributed by atoms with van der Waals surface area (Å²) in [5.74, 6) is -15.4. The van der Waals surface area contributed by atoms with Crippen molar-refractivity contribution in [1.29, 1.82) is 0 Å². The lowest BCUT2D eigenvalue weighted by atomic mass is 9.98. The zero-order valence-electron chi connectivity index (χ0n) is 28.5. The number of aliphatic hydroxyl groups is 1. The summed E-state index contributed by atoms with van der Waals surface area (Å²) in [5, 5.41) is 119. The maximum Gasteiger partial charge on any atom is 0.338 e. The first kappa shape index (κ1) is 40.4. The van der Waals surface area contributed by atoms with Crippen molar-refractivity contribution in [2.24, 2.45) is 0 Å². The molecule has 0 aromatic heterocycles. The van der Waals surface area contributed by atoms with E-state index in [9.17, 15) is 80.5 Å². The lowest BCUT2D eigenvalue weighted by Gasteiger charge is -2.42. The summed E-state index contributed by atoms with van der Waals surface area (Å²) in [5.41, 5.74) is -1.69. The van der Waals surface area contributed by atoms with Crippen LogP contribution in [0.1, 0.15) is 36.6 Å². The molecule has 1 aliphatic heterocycles. The fourth-order valence-electron chi connectivity index (χ4n) is 5.16. The van der Waals surface area contributed by atoms with Crippen molar-refractivity contribution in [3.05, 3.63) is 82.9 Å². The van der Waals surface area contributed by atoms with Gasteiger partial charge in [-0.25, -0.2) is 19.2 Å². The molecule has 5 rings (SSSR count). The Morgan fingerprint density at radius 3 is 1.44 bits per heavy atom. The van der Waals surface area contributed by atoms with E-state index in [2.05, 4.69) is 0 Å². The second kappa shape index (κ2) is 16.3. The van der Waals surface area contributed by atoms with E-state index in [4.69, 9.17) is 23.7 Å². The third-order valence-corrected chi connectivity index (χ3v) is 8.04. The van der Waals surface area contributed by atoms with Gasteiger partial charge in [0, 0.05) is 6.08 Å². The Hall–Kier alpha value is -7.78. The molecule has 1 aliphatic rings. The number of hydrogen-bond donors (Lipinski definition) is 12. The van der Waals surface area contributed by atoms with Gasteiger partial charge in [0.15, 0.2) is 81.6 Å². The van der Waals surface area contributed by atoms with E-state index in [1.54, 1.807) is 0 Å². The smallest absolute Gasteiger partial charge is 0.338 e. The molecule has 0 bridgehead atoms. The van der Waals surface area contributed by atoms with Crippen LogP contribution in [-0.4, -0.2) is 122 Å². The van der Waals surface area contributed by atoms with Gasteiger partial charge in [0.25, 0.3) is 0 Å². The first-order chi connectivity index (χ1) is 26.8. The molecule has 1 fully saturated rings. The first-order valence-electron chi connectivity index (χ1n) is 15.9. The van der Waals surface area contributed by atoms with Crippen LogP contribution in [0.25, 0.3) is 6.08 Å². The molecule has 4 aromatic rings. The van der Waals surface area contributed by atoms with Crippen LogP contribution in [0.15, 0.2) is 60.7 Å². The number of rotatable bonds is 10. The average molecular weight is 799 g/mol. The summed E-state index contributed by atoms with van der Waals surface area (Å²) in [4.78, 5) is 52.7. The van der Waals surface area contributed by atoms with Crippen molar-refractivity contribution < 1.29 is 104 Å². The summed E-state index contributed by atoms with van der Waals surface area (Å²) in [6.07, 6.45) is -8.87. The van der Waals surface area contributed by atoms with Crippen molar-refractivity contribution in [2.75, 3.05) is 6.61 Å². The predicted molar refractivity (Wildman–Crippen MR) is 183 cm³/mol. The Kier molecular flexibility index (Phi) is 11.6. The van der Waals surface area contributed by atoms with Gasteiger partial charge in [0.1, 0.15) is 12.7 Å². The SMILES string of the molecule is O=C(/C=C/c1ccc(O)c(O)c1)O[C@@H]1O[C@H](COC(=O)c2cc(O)c(O)c(O)c2)[C@@H](OC(=O)c2cc(O)c(O)c(O)c2)[C@H](OC(=O)c2cc(O)c(O)c(O)c2)[C@H]1O. The standard InChI is InChI=1S/C36H30O21/c37-17-3-1-13(5-18(17)38)2-4-26(45)55-36-30(49)32(57-35(52)16-10-23(43)29(48)24(44)11-16)31(56-34(51)15-8-21(41)28(47)22(42)9-15)25(54-36)12-53-33(50)14-6-19(39)27(46)20(40)7-14/h1-11,25,30-32,36-44,46-49H,12H2/b4-2+/t25-,30-,31-,32-,36+/m1/s1. The normalized spacial score (nSPS) is 19.1. The quantitative estimate of drug-likeness (QED) is 0.0467. The highest BCUT2D eigenvalue weighted by Crippen LogP contribution is 2.39. The molecule has 0 radical (unpaired) electrons. The van der Waals surface area contributed by atoms with Gasteiger partial charge in [0.05, 0.1) is 16.7 Å². The van der Waals surface area contributed by atoms with Gasteiger partial charge in [0.2, 0.25) is 6.29 Å². The number of carbonyl (C=O) groups is 4. The van der Waals surface area contributed by atoms with Crippen LogP contribution in [-0.2, 0) is 28.5 Å². The molecule has 0 saturated carbocycles. The van der Waals surface area contributed by atoms with E-state index in [-0.39, 0.29) is 5.56 Å². The summed E-state index contributed by atoms with van der Waals surface area (Å²) in [7, 11) is 0. The number of hydrogen-bond acceptors (Lipinski definition) is 21. The van der Waals surface area contributed by atoms with Crippen LogP contribution in [0.3, 0.4) is 0 Å². The Labute approximate surface area is 317 Å². The summed E-state index contributed by atoms with van der Waals surface area (Å²) in [6.45, 7) is -1.05. The number of esters is 4. The number of phenolic OH excluding ortho intramolecular Hbond substituents is 11. The highest BCUT2D eigenvalue weighted by molar-refractivity contribution is 5.93. The van der Waals surface area contributed by atoms with Gasteiger partial charge in [-0.3, -0.25) is 0 Å². The van der Waals surface area contributed by atoms with Crippen molar-refractivity contribution >= 4 is 30.0 Å². The van der Waals surface area contributed by atoms with E-state index in [0.29, 0.717) is 36.4 Å². The first-order valence-corrected chi connectivity index (χ1v) is 15.9. The zero-order chi connectivity index (χ0) is 41.9. The molecule has 0 unspecified atom stereocenters. The van der Waals surface area contributed by atoms with Gasteiger partial charge >= 0.3 is 23.9 Å². The fraction of sp³-hybridized carbons (Fsp3) is 0.167. The second-order valence-corrected chi connectivity index (χ2v) is 12.0. The minimum atomic E-state index is -2.32. The van der Waals surface area contributed by atoms with Crippen molar-refractivity contribution in [3.63, 3.8) is 0 Å². The third-order valence-electron chi connectivity index (χ3n) is 8.04. The second-order valence-electron chi connectivity index (χ2n) is 12.0. The molecule has 4 aromatic carbocycles. The molecule has 300 valence electrons. The minimum Gasteiger partial charge on any atom is -0.504 e. The van der Waals surface area contributed by atoms with Crippen LogP contribution in [0.4, 0.5) is 0 Å². The summed E-state index contributed by atoms with van der Waals surface area (Å²) in [6, 6.07) is 7.43. The largest absolute Gasteiger partial charge is 0.504 e. The maximum atomic E-state index is 13.4. The van der Waals surface area contributed by atoms with Crippen molar-refractivity contribution in [1.82, 2.24) is 0 Å². The van der Waals surface area contributed by atoms with Crippen LogP contribution in [0.2, 0.25) is 0 Å². The Bertz CT molecular complexity index is 2200. The van der Waals surface area contributed by atoms with Crippen molar-refractivity contribution in [3.8, 4) is 63.2 Å². The molecular weight excluding hydrogens is 768 g/mol. The van der Waals surface area contributed by atoms with Crippen LogP contribution in [0, 0.1) is 0 Å². The monoisotopic (exact) mass is 798 g/mol. The van der Waals surface area contributed by atoms with Crippen LogP contribution in [0.5, 0.6) is 63.2 Å². The molecule has 0 aliphatic carbocycles. The predicted octanol–water partition coefficient (Wildman–Crippen LogP) is 1.40. The van der Waals surface area contributed by atoms with Gasteiger partial charge in [-0.1, -0.05) is 6.07 Å². The highest BCUT2D eigenvalue weighted by Gasteiger charge is 2.52. The Morgan fingerprint density at radius 1 is 0.544 bits per heavy atom. The lowest BCUT2D eigenvalue weighted by Crippen LogP contribution is -2.62. The van der Waals surface area contributed by atoms with Gasteiger partial charge in [-0.05, 0) is 60.2 Å². The molecular formula is C36H30O21. The summed E-state index contributed by atoms with van der Waals surface area (Å²) >= 11 is 0. The molecule has 0 spiro atoms. The zero-order valence-corrected chi connectivity index (χ0v) is 28.5. The van der Waals surface area contributed by atoms with Crippen LogP contribution < -0.4 is 0 Å². The molecule has 12 N–H and O–H groups in total. The van der Waals surface area contributed by atoms with E-state index < -0.39 is 141 Å². The Balaban J connectivity index is 1.52. The van der Waals surface area contributed by atoms with E-state index in [0.717, 1.165) is 24.3 Å². The Morgan fingerprint density at radius 2 is 0.982 bits per heavy atom. The van der Waals surface area contributed by atoms with Gasteiger partial charge in [-0.2, -0.15) is 0 Å². The number of ether oxygens (including phenoxy) is 5. The minimum absolute atomic E-state index is 0.175. The summed E-state index contributed by atoms with van der Waals surface area (Å²) < 4.78 is 26.9. The number of phenols is 11. The molecule has 1 saturated heterocycles. The van der Waals surface area contributed by atoms with Gasteiger partial charge in [-0.15, -0.1) is 0 Å². The topological polar surface area (TPSA) is 357 Å². The number of aromatic hydroxyl groups is 11. The van der Waals surface area contributed by atoms with E-state index in [1.807, 2.05) is 0 Å². The van der Waals surface area contributed by atoms with Crippen LogP contribution >= 0.6 is 0 Å². The fourth-order valence-corrected chi connectivity index (χ4v) is 5.16. The number of carbonyl (C=O) groups excluding carboxylic acids is 4. The maximum absolute atomic E-state index is 13.4. The molecule has 21 heteroatoms. The average Bonchev–Trinajstić information content (AvgIpc) is 3.16. The number of benzene rings is 4. The van der Waals surface area contributed by atoms with E-state index >= 15 is 0 Å². The lowest BCUT2D eigenvalue weighted by molar-refractivity contribution is -0.289. The molecule has 1 heterocycles. The molecule has 5 atom stereocenters. The molecule has 57 heavy (non-hydrogen) atoms. The van der Waals surface area contributed by atoms with Gasteiger partial charge < -0.3 is 85.0 Å². The van der Waals surface area contributed by atoms with Crippen molar-refractivity contribution in [2.45, 2.75) is 30.7 Å². The third kappa shape index (κ3) is 8.96. The molecule has 0 amide bonds. The highest BCUT2D eigenvalue weighted by atomic mass is 16.7. The number of aliphatic hydroxyl groups excluding tert-OH is 1. The van der Waals surface area contributed by atoms with E-state index in [1.165, 1.54) is 6.07 Å².